The summed E-state index contributed by atoms with van der Waals surface area (Å²) in [6, 6.07) is 14.6. The number of fused-ring (bicyclic) bond motifs is 1. The van der Waals surface area contributed by atoms with E-state index in [0.717, 1.165) is 41.6 Å². The van der Waals surface area contributed by atoms with Crippen molar-refractivity contribution in [3.8, 4) is 0 Å². The fourth-order valence-corrected chi connectivity index (χ4v) is 3.31. The van der Waals surface area contributed by atoms with Crippen molar-refractivity contribution in [2.45, 2.75) is 33.2 Å². The fraction of sp³-hybridized carbons (Fsp3) is 0.348. The van der Waals surface area contributed by atoms with E-state index in [-0.39, 0.29) is 5.91 Å². The van der Waals surface area contributed by atoms with Crippen LogP contribution in [0.3, 0.4) is 0 Å². The SMILES string of the molecule is Cc1ccc2c(CC(=O)NCCCN(C)Cc3ccccc3)coc2c1C. The molecule has 0 fully saturated rings. The Kier molecular flexibility index (Phi) is 6.30. The van der Waals surface area contributed by atoms with E-state index in [2.05, 4.69) is 61.4 Å². The van der Waals surface area contributed by atoms with E-state index >= 15 is 0 Å². The van der Waals surface area contributed by atoms with Gasteiger partial charge in [-0.15, -0.1) is 0 Å². The summed E-state index contributed by atoms with van der Waals surface area (Å²) in [5, 5.41) is 4.06. The summed E-state index contributed by atoms with van der Waals surface area (Å²) in [7, 11) is 2.11. The molecule has 0 saturated carbocycles. The quantitative estimate of drug-likeness (QED) is 0.609. The summed E-state index contributed by atoms with van der Waals surface area (Å²) in [4.78, 5) is 14.5. The monoisotopic (exact) mass is 364 g/mol. The van der Waals surface area contributed by atoms with Crippen LogP contribution in [0.4, 0.5) is 0 Å². The molecule has 1 aromatic heterocycles. The normalized spacial score (nSPS) is 11.3. The first-order valence-corrected chi connectivity index (χ1v) is 9.50. The molecule has 0 radical (unpaired) electrons. The van der Waals surface area contributed by atoms with Gasteiger partial charge in [0.1, 0.15) is 5.58 Å². The van der Waals surface area contributed by atoms with E-state index in [0.29, 0.717) is 13.0 Å². The van der Waals surface area contributed by atoms with Crippen molar-refractivity contribution in [2.75, 3.05) is 20.1 Å². The van der Waals surface area contributed by atoms with Gasteiger partial charge in [-0.3, -0.25) is 4.79 Å². The minimum Gasteiger partial charge on any atom is -0.464 e. The average Bonchev–Trinajstić information content (AvgIpc) is 3.06. The van der Waals surface area contributed by atoms with E-state index < -0.39 is 0 Å². The number of hydrogen-bond acceptors (Lipinski definition) is 3. The lowest BCUT2D eigenvalue weighted by Crippen LogP contribution is -2.29. The second kappa shape index (κ2) is 8.87. The highest BCUT2D eigenvalue weighted by atomic mass is 16.3. The Morgan fingerprint density at radius 2 is 1.89 bits per heavy atom. The van der Waals surface area contributed by atoms with Crippen molar-refractivity contribution in [3.63, 3.8) is 0 Å². The lowest BCUT2D eigenvalue weighted by molar-refractivity contribution is -0.120. The van der Waals surface area contributed by atoms with Gasteiger partial charge in [0.05, 0.1) is 12.7 Å². The Labute approximate surface area is 161 Å². The number of amides is 1. The zero-order chi connectivity index (χ0) is 19.2. The zero-order valence-electron chi connectivity index (χ0n) is 16.4. The number of furan rings is 1. The third-order valence-corrected chi connectivity index (χ3v) is 5.03. The minimum atomic E-state index is 0.0432. The van der Waals surface area contributed by atoms with Crippen LogP contribution in [0.5, 0.6) is 0 Å². The van der Waals surface area contributed by atoms with Crippen LogP contribution in [0.25, 0.3) is 11.0 Å². The Morgan fingerprint density at radius 3 is 2.67 bits per heavy atom. The molecule has 0 bridgehead atoms. The largest absolute Gasteiger partial charge is 0.464 e. The van der Waals surface area contributed by atoms with Crippen molar-refractivity contribution < 1.29 is 9.21 Å². The number of carbonyl (C=O) groups excluding carboxylic acids is 1. The topological polar surface area (TPSA) is 45.5 Å². The molecule has 2 aromatic carbocycles. The van der Waals surface area contributed by atoms with E-state index in [4.69, 9.17) is 4.42 Å². The van der Waals surface area contributed by atoms with Gasteiger partial charge in [0, 0.05) is 24.0 Å². The van der Waals surface area contributed by atoms with Crippen LogP contribution < -0.4 is 5.32 Å². The lowest BCUT2D eigenvalue weighted by atomic mass is 10.0. The minimum absolute atomic E-state index is 0.0432. The van der Waals surface area contributed by atoms with Crippen LogP contribution in [-0.4, -0.2) is 30.9 Å². The molecule has 1 amide bonds. The number of aryl methyl sites for hydroxylation is 2. The number of carbonyl (C=O) groups is 1. The molecular weight excluding hydrogens is 336 g/mol. The number of hydrogen-bond donors (Lipinski definition) is 1. The second-order valence-corrected chi connectivity index (χ2v) is 7.25. The molecule has 0 saturated heterocycles. The van der Waals surface area contributed by atoms with Gasteiger partial charge in [0.2, 0.25) is 5.91 Å². The number of benzene rings is 2. The van der Waals surface area contributed by atoms with Crippen LogP contribution >= 0.6 is 0 Å². The fourth-order valence-electron chi connectivity index (χ4n) is 3.31. The standard InChI is InChI=1S/C23H28N2O2/c1-17-10-11-21-20(16-27-23(21)18(17)2)14-22(26)24-12-7-13-25(3)15-19-8-5-4-6-9-19/h4-6,8-11,16H,7,12-15H2,1-3H3,(H,24,26). The summed E-state index contributed by atoms with van der Waals surface area (Å²) in [6.45, 7) is 6.68. The Balaban J connectivity index is 1.43. The first-order chi connectivity index (χ1) is 13.0. The van der Waals surface area contributed by atoms with Gasteiger partial charge >= 0.3 is 0 Å². The zero-order valence-corrected chi connectivity index (χ0v) is 16.4. The van der Waals surface area contributed by atoms with Crippen LogP contribution in [0.15, 0.2) is 53.1 Å². The molecule has 3 rings (SSSR count). The van der Waals surface area contributed by atoms with Gasteiger partial charge in [-0.1, -0.05) is 42.5 Å². The van der Waals surface area contributed by atoms with Crippen molar-refractivity contribution in [2.24, 2.45) is 0 Å². The maximum absolute atomic E-state index is 12.3. The maximum Gasteiger partial charge on any atom is 0.224 e. The Hall–Kier alpha value is -2.59. The van der Waals surface area contributed by atoms with Crippen molar-refractivity contribution in [1.29, 1.82) is 0 Å². The predicted molar refractivity (Wildman–Crippen MR) is 110 cm³/mol. The number of rotatable bonds is 8. The van der Waals surface area contributed by atoms with Gasteiger partial charge < -0.3 is 14.6 Å². The van der Waals surface area contributed by atoms with Crippen LogP contribution in [0.1, 0.15) is 28.7 Å². The number of nitrogens with one attached hydrogen (secondary N) is 1. The van der Waals surface area contributed by atoms with Gasteiger partial charge in [0.25, 0.3) is 0 Å². The molecule has 0 aliphatic heterocycles. The Bertz CT molecular complexity index is 899. The molecule has 27 heavy (non-hydrogen) atoms. The second-order valence-electron chi connectivity index (χ2n) is 7.25. The van der Waals surface area contributed by atoms with Crippen molar-refractivity contribution in [1.82, 2.24) is 10.2 Å². The molecule has 4 heteroatoms. The molecule has 1 heterocycles. The third kappa shape index (κ3) is 4.98. The molecule has 3 aromatic rings. The molecule has 0 aliphatic rings. The predicted octanol–water partition coefficient (Wildman–Crippen LogP) is 4.23. The van der Waals surface area contributed by atoms with Gasteiger partial charge in [-0.25, -0.2) is 0 Å². The summed E-state index contributed by atoms with van der Waals surface area (Å²) >= 11 is 0. The molecule has 0 spiro atoms. The lowest BCUT2D eigenvalue weighted by Gasteiger charge is -2.16. The average molecular weight is 364 g/mol. The molecule has 4 nitrogen and oxygen atoms in total. The summed E-state index contributed by atoms with van der Waals surface area (Å²) < 4.78 is 5.69. The van der Waals surface area contributed by atoms with Gasteiger partial charge in [-0.2, -0.15) is 0 Å². The first kappa shape index (κ1) is 19.2. The van der Waals surface area contributed by atoms with Gasteiger partial charge in [0.15, 0.2) is 0 Å². The summed E-state index contributed by atoms with van der Waals surface area (Å²) in [5.74, 6) is 0.0432. The van der Waals surface area contributed by atoms with Crippen LogP contribution in [-0.2, 0) is 17.8 Å². The van der Waals surface area contributed by atoms with E-state index in [1.165, 1.54) is 11.1 Å². The van der Waals surface area contributed by atoms with Gasteiger partial charge in [-0.05, 0) is 50.6 Å². The smallest absolute Gasteiger partial charge is 0.224 e. The maximum atomic E-state index is 12.3. The summed E-state index contributed by atoms with van der Waals surface area (Å²) in [6.07, 6.45) is 3.00. The summed E-state index contributed by atoms with van der Waals surface area (Å²) in [5.41, 5.74) is 5.49. The highest BCUT2D eigenvalue weighted by molar-refractivity contribution is 5.89. The molecule has 0 aliphatic carbocycles. The molecule has 0 atom stereocenters. The van der Waals surface area contributed by atoms with E-state index in [1.54, 1.807) is 6.26 Å². The number of nitrogens with zero attached hydrogens (tertiary/aromatic N) is 1. The highest BCUT2D eigenvalue weighted by Crippen LogP contribution is 2.26. The van der Waals surface area contributed by atoms with E-state index in [9.17, 15) is 4.79 Å². The Morgan fingerprint density at radius 1 is 1.11 bits per heavy atom. The highest BCUT2D eigenvalue weighted by Gasteiger charge is 2.12. The van der Waals surface area contributed by atoms with Crippen molar-refractivity contribution >= 4 is 16.9 Å². The van der Waals surface area contributed by atoms with Crippen molar-refractivity contribution in [3.05, 3.63) is 71.0 Å². The molecular formula is C23H28N2O2. The molecule has 0 unspecified atom stereocenters. The molecule has 1 N–H and O–H groups in total. The molecule has 142 valence electrons. The van der Waals surface area contributed by atoms with E-state index in [1.807, 2.05) is 12.1 Å². The third-order valence-electron chi connectivity index (χ3n) is 5.03. The first-order valence-electron chi connectivity index (χ1n) is 9.50. The van der Waals surface area contributed by atoms with Crippen LogP contribution in [0.2, 0.25) is 0 Å². The van der Waals surface area contributed by atoms with Crippen LogP contribution in [0, 0.1) is 13.8 Å².